The molecule has 3 rings (SSSR count). The Bertz CT molecular complexity index is 1130. The molecule has 3 aromatic carbocycles. The number of para-hydroxylation sites is 1. The number of carbonyl (C=O) groups is 1. The topological polar surface area (TPSA) is 107 Å². The highest BCUT2D eigenvalue weighted by molar-refractivity contribution is 5.95. The van der Waals surface area contributed by atoms with Gasteiger partial charge in [0.05, 0.1) is 7.11 Å². The third kappa shape index (κ3) is 6.69. The number of halogens is 2. The molecule has 34 heavy (non-hydrogen) atoms. The summed E-state index contributed by atoms with van der Waals surface area (Å²) in [5, 5.41) is 10.5. The summed E-state index contributed by atoms with van der Waals surface area (Å²) in [7, 11) is 1.44. The fourth-order valence-electron chi connectivity index (χ4n) is 3.17. The van der Waals surface area contributed by atoms with Crippen molar-refractivity contribution in [3.63, 3.8) is 0 Å². The molecule has 0 aliphatic heterocycles. The van der Waals surface area contributed by atoms with Gasteiger partial charge in [0.2, 0.25) is 0 Å². The average molecular weight is 488 g/mol. The second-order valence-electron chi connectivity index (χ2n) is 7.09. The molecule has 0 aliphatic carbocycles. The minimum atomic E-state index is -1.13. The number of benzene rings is 3. The van der Waals surface area contributed by atoms with Crippen LogP contribution in [0.3, 0.4) is 0 Å². The van der Waals surface area contributed by atoms with Crippen LogP contribution < -0.4 is 20.5 Å². The molecular formula is C25H27ClFN3O4. The van der Waals surface area contributed by atoms with Crippen molar-refractivity contribution in [2.45, 2.75) is 19.6 Å². The smallest absolute Gasteiger partial charge is 0.254 e. The number of methoxy groups -OCH3 is 1. The molecule has 180 valence electrons. The molecule has 0 aliphatic rings. The van der Waals surface area contributed by atoms with Gasteiger partial charge in [-0.1, -0.05) is 30.3 Å². The molecule has 1 atom stereocenters. The highest BCUT2D eigenvalue weighted by Crippen LogP contribution is 2.28. The van der Waals surface area contributed by atoms with Gasteiger partial charge in [0, 0.05) is 35.9 Å². The summed E-state index contributed by atoms with van der Waals surface area (Å²) in [5.41, 5.74) is 6.88. The largest absolute Gasteiger partial charge is 0.497 e. The molecule has 0 heterocycles. The SMILES string of the molecule is CCO[C@H](C(=O)NCc1ccc(C(=N)N)cc1Oc1ccccc1)c1ccc(OC)cc1F.Cl. The highest BCUT2D eigenvalue weighted by Gasteiger charge is 2.25. The maximum absolute atomic E-state index is 14.6. The van der Waals surface area contributed by atoms with Crippen LogP contribution in [0, 0.1) is 11.2 Å². The lowest BCUT2D eigenvalue weighted by Crippen LogP contribution is -2.31. The average Bonchev–Trinajstić information content (AvgIpc) is 2.82. The van der Waals surface area contributed by atoms with Gasteiger partial charge in [-0.05, 0) is 37.3 Å². The molecule has 4 N–H and O–H groups in total. The number of nitrogen functional groups attached to an aromatic ring is 1. The Hall–Kier alpha value is -3.62. The van der Waals surface area contributed by atoms with Crippen LogP contribution in [0.2, 0.25) is 0 Å². The maximum Gasteiger partial charge on any atom is 0.254 e. The van der Waals surface area contributed by atoms with Crippen LogP contribution in [0.5, 0.6) is 17.2 Å². The van der Waals surface area contributed by atoms with E-state index < -0.39 is 17.8 Å². The van der Waals surface area contributed by atoms with E-state index in [0.29, 0.717) is 28.4 Å². The number of amides is 1. The van der Waals surface area contributed by atoms with Gasteiger partial charge in [0.25, 0.3) is 5.91 Å². The fraction of sp³-hybridized carbons (Fsp3) is 0.200. The predicted octanol–water partition coefficient (Wildman–Crippen LogP) is 4.73. The van der Waals surface area contributed by atoms with E-state index in [2.05, 4.69) is 5.32 Å². The Labute approximate surface area is 203 Å². The van der Waals surface area contributed by atoms with Gasteiger partial charge in [-0.2, -0.15) is 0 Å². The lowest BCUT2D eigenvalue weighted by molar-refractivity contribution is -0.133. The molecule has 0 spiro atoms. The molecule has 0 bridgehead atoms. The van der Waals surface area contributed by atoms with Crippen LogP contribution in [0.15, 0.2) is 66.7 Å². The van der Waals surface area contributed by atoms with Crippen molar-refractivity contribution in [3.8, 4) is 17.2 Å². The molecule has 0 fully saturated rings. The normalized spacial score (nSPS) is 11.1. The summed E-state index contributed by atoms with van der Waals surface area (Å²) in [4.78, 5) is 12.9. The minimum absolute atomic E-state index is 0. The van der Waals surface area contributed by atoms with Gasteiger partial charge in [-0.25, -0.2) is 4.39 Å². The standard InChI is InChI=1S/C25H26FN3O4.ClH/c1-3-32-23(20-12-11-19(31-2)14-21(20)26)25(30)29-15-17-10-9-16(24(27)28)13-22(17)33-18-7-5-4-6-8-18;/h4-14,23H,3,15H2,1-2H3,(H3,27,28)(H,29,30);1H/t23-;/m0./s1. The van der Waals surface area contributed by atoms with Gasteiger partial charge in [0.15, 0.2) is 6.10 Å². The van der Waals surface area contributed by atoms with Gasteiger partial charge >= 0.3 is 0 Å². The molecule has 0 saturated heterocycles. The molecule has 0 aromatic heterocycles. The summed E-state index contributed by atoms with van der Waals surface area (Å²) in [6.07, 6.45) is -1.13. The number of nitrogens with one attached hydrogen (secondary N) is 2. The predicted molar refractivity (Wildman–Crippen MR) is 130 cm³/mol. The van der Waals surface area contributed by atoms with Gasteiger partial charge < -0.3 is 25.3 Å². The van der Waals surface area contributed by atoms with Gasteiger partial charge in [-0.15, -0.1) is 12.4 Å². The van der Waals surface area contributed by atoms with E-state index in [1.807, 2.05) is 18.2 Å². The van der Waals surface area contributed by atoms with Crippen LogP contribution in [0.25, 0.3) is 0 Å². The van der Waals surface area contributed by atoms with Crippen LogP contribution in [0.1, 0.15) is 29.7 Å². The van der Waals surface area contributed by atoms with E-state index in [9.17, 15) is 9.18 Å². The minimum Gasteiger partial charge on any atom is -0.497 e. The molecule has 7 nitrogen and oxygen atoms in total. The van der Waals surface area contributed by atoms with Crippen LogP contribution in [0.4, 0.5) is 4.39 Å². The summed E-state index contributed by atoms with van der Waals surface area (Å²) in [6.45, 7) is 2.05. The summed E-state index contributed by atoms with van der Waals surface area (Å²) < 4.78 is 31.1. The Morgan fingerprint density at radius 1 is 1.09 bits per heavy atom. The van der Waals surface area contributed by atoms with Crippen molar-refractivity contribution in [3.05, 3.63) is 89.2 Å². The second-order valence-corrected chi connectivity index (χ2v) is 7.09. The van der Waals surface area contributed by atoms with Crippen molar-refractivity contribution < 1.29 is 23.4 Å². The number of ether oxygens (including phenoxy) is 3. The van der Waals surface area contributed by atoms with Crippen molar-refractivity contribution in [2.24, 2.45) is 5.73 Å². The van der Waals surface area contributed by atoms with Crippen molar-refractivity contribution in [1.29, 1.82) is 5.41 Å². The monoisotopic (exact) mass is 487 g/mol. The van der Waals surface area contributed by atoms with E-state index in [-0.39, 0.29) is 37.0 Å². The van der Waals surface area contributed by atoms with E-state index in [4.69, 9.17) is 25.4 Å². The maximum atomic E-state index is 14.6. The van der Waals surface area contributed by atoms with E-state index in [0.717, 1.165) is 0 Å². The fourth-order valence-corrected chi connectivity index (χ4v) is 3.17. The number of rotatable bonds is 10. The van der Waals surface area contributed by atoms with Gasteiger partial charge in [-0.3, -0.25) is 10.2 Å². The van der Waals surface area contributed by atoms with Crippen molar-refractivity contribution in [2.75, 3.05) is 13.7 Å². The summed E-state index contributed by atoms with van der Waals surface area (Å²) in [6, 6.07) is 18.4. The van der Waals surface area contributed by atoms with E-state index in [1.165, 1.54) is 19.2 Å². The van der Waals surface area contributed by atoms with E-state index in [1.54, 1.807) is 43.3 Å². The van der Waals surface area contributed by atoms with E-state index >= 15 is 0 Å². The Kier molecular flexibility index (Phi) is 9.85. The Morgan fingerprint density at radius 2 is 1.82 bits per heavy atom. The van der Waals surface area contributed by atoms with Crippen LogP contribution in [-0.4, -0.2) is 25.5 Å². The molecule has 0 radical (unpaired) electrons. The first-order chi connectivity index (χ1) is 15.9. The van der Waals surface area contributed by atoms with Gasteiger partial charge in [0.1, 0.15) is 28.9 Å². The summed E-state index contributed by atoms with van der Waals surface area (Å²) >= 11 is 0. The third-order valence-corrected chi connectivity index (χ3v) is 4.86. The molecule has 3 aromatic rings. The lowest BCUT2D eigenvalue weighted by atomic mass is 10.1. The first-order valence-corrected chi connectivity index (χ1v) is 10.4. The lowest BCUT2D eigenvalue weighted by Gasteiger charge is -2.19. The zero-order valence-corrected chi connectivity index (χ0v) is 19.7. The first-order valence-electron chi connectivity index (χ1n) is 10.4. The molecule has 1 amide bonds. The van der Waals surface area contributed by atoms with Crippen LogP contribution >= 0.6 is 12.4 Å². The first kappa shape index (κ1) is 26.6. The Morgan fingerprint density at radius 3 is 2.44 bits per heavy atom. The number of carbonyl (C=O) groups excluding carboxylic acids is 1. The quantitative estimate of drug-likeness (QED) is 0.283. The number of hydrogen-bond donors (Lipinski definition) is 3. The zero-order valence-electron chi connectivity index (χ0n) is 18.8. The Balaban J connectivity index is 0.00000408. The number of hydrogen-bond acceptors (Lipinski definition) is 5. The molecule has 9 heteroatoms. The van der Waals surface area contributed by atoms with Crippen molar-refractivity contribution >= 4 is 24.1 Å². The summed E-state index contributed by atoms with van der Waals surface area (Å²) in [5.74, 6) is 0.190. The molecule has 0 unspecified atom stereocenters. The molecule has 0 saturated carbocycles. The second kappa shape index (κ2) is 12.6. The van der Waals surface area contributed by atoms with Crippen LogP contribution in [-0.2, 0) is 16.1 Å². The number of nitrogens with two attached hydrogens (primary N) is 1. The molecular weight excluding hydrogens is 461 g/mol. The zero-order chi connectivity index (χ0) is 23.8. The highest BCUT2D eigenvalue weighted by atomic mass is 35.5. The van der Waals surface area contributed by atoms with Crippen molar-refractivity contribution in [1.82, 2.24) is 5.32 Å². The third-order valence-electron chi connectivity index (χ3n) is 4.86. The number of amidine groups is 1.